The number of nitro benzene ring substituents is 1. The molecule has 1 aliphatic carbocycles. The predicted octanol–water partition coefficient (Wildman–Crippen LogP) is 3.91. The lowest BCUT2D eigenvalue weighted by atomic mass is 9.97. The standard InChI is InChI=1S/C11H12ClNO2/c12-10-7-9(8-3-1-2-4-8)5-6-11(10)13(14)15/h5-8H,1-4H2. The average molecular weight is 226 g/mol. The smallest absolute Gasteiger partial charge is 0.258 e. The molecular formula is C11H12ClNO2. The Balaban J connectivity index is 2.28. The minimum absolute atomic E-state index is 0.00147. The summed E-state index contributed by atoms with van der Waals surface area (Å²) in [5.74, 6) is 0.545. The van der Waals surface area contributed by atoms with Crippen molar-refractivity contribution in [3.63, 3.8) is 0 Å². The first-order valence-corrected chi connectivity index (χ1v) is 5.50. The van der Waals surface area contributed by atoms with Crippen molar-refractivity contribution in [1.82, 2.24) is 0 Å². The predicted molar refractivity (Wildman–Crippen MR) is 59.3 cm³/mol. The van der Waals surface area contributed by atoms with E-state index >= 15 is 0 Å². The molecule has 2 rings (SSSR count). The minimum atomic E-state index is -0.444. The first kappa shape index (κ1) is 10.4. The summed E-state index contributed by atoms with van der Waals surface area (Å²) in [6.07, 6.45) is 4.85. The fraction of sp³-hybridized carbons (Fsp3) is 0.455. The molecule has 0 bridgehead atoms. The van der Waals surface area contributed by atoms with Gasteiger partial charge in [-0.15, -0.1) is 0 Å². The summed E-state index contributed by atoms with van der Waals surface area (Å²) in [5, 5.41) is 10.8. The third kappa shape index (κ3) is 2.12. The summed E-state index contributed by atoms with van der Waals surface area (Å²) in [7, 11) is 0. The van der Waals surface area contributed by atoms with Crippen LogP contribution in [0.25, 0.3) is 0 Å². The normalized spacial score (nSPS) is 16.9. The van der Waals surface area contributed by atoms with Gasteiger partial charge in [-0.2, -0.15) is 0 Å². The Labute approximate surface area is 93.2 Å². The molecule has 1 aromatic carbocycles. The zero-order chi connectivity index (χ0) is 10.8. The lowest BCUT2D eigenvalue weighted by Gasteiger charge is -2.09. The van der Waals surface area contributed by atoms with Crippen LogP contribution in [-0.2, 0) is 0 Å². The largest absolute Gasteiger partial charge is 0.287 e. The van der Waals surface area contributed by atoms with Crippen LogP contribution in [-0.4, -0.2) is 4.92 Å². The zero-order valence-electron chi connectivity index (χ0n) is 8.28. The molecule has 0 spiro atoms. The number of nitro groups is 1. The van der Waals surface area contributed by atoms with Gasteiger partial charge in [-0.3, -0.25) is 10.1 Å². The van der Waals surface area contributed by atoms with Crippen molar-refractivity contribution in [3.8, 4) is 0 Å². The van der Waals surface area contributed by atoms with Crippen molar-refractivity contribution in [3.05, 3.63) is 38.9 Å². The SMILES string of the molecule is O=[N+]([O-])c1ccc(C2CCCC2)cc1Cl. The topological polar surface area (TPSA) is 43.1 Å². The van der Waals surface area contributed by atoms with Gasteiger partial charge in [0.1, 0.15) is 5.02 Å². The Morgan fingerprint density at radius 1 is 1.33 bits per heavy atom. The van der Waals surface area contributed by atoms with Crippen LogP contribution in [0.2, 0.25) is 5.02 Å². The van der Waals surface area contributed by atoms with Gasteiger partial charge in [-0.1, -0.05) is 30.5 Å². The Morgan fingerprint density at radius 2 is 2.00 bits per heavy atom. The van der Waals surface area contributed by atoms with Crippen LogP contribution < -0.4 is 0 Å². The zero-order valence-corrected chi connectivity index (χ0v) is 9.04. The molecule has 80 valence electrons. The van der Waals surface area contributed by atoms with E-state index in [0.29, 0.717) is 5.92 Å². The van der Waals surface area contributed by atoms with Gasteiger partial charge in [0.25, 0.3) is 5.69 Å². The monoisotopic (exact) mass is 225 g/mol. The fourth-order valence-corrected chi connectivity index (χ4v) is 2.44. The van der Waals surface area contributed by atoms with Gasteiger partial charge >= 0.3 is 0 Å². The molecule has 0 N–H and O–H groups in total. The summed E-state index contributed by atoms with van der Waals surface area (Å²) >= 11 is 5.86. The van der Waals surface area contributed by atoms with Gasteiger partial charge in [0.05, 0.1) is 4.92 Å². The van der Waals surface area contributed by atoms with Gasteiger partial charge < -0.3 is 0 Å². The van der Waals surface area contributed by atoms with Crippen LogP contribution in [0, 0.1) is 10.1 Å². The molecule has 0 heterocycles. The van der Waals surface area contributed by atoms with E-state index in [4.69, 9.17) is 11.6 Å². The maximum Gasteiger partial charge on any atom is 0.287 e. The van der Waals surface area contributed by atoms with Crippen LogP contribution in [0.15, 0.2) is 18.2 Å². The molecule has 0 amide bonds. The van der Waals surface area contributed by atoms with Crippen LogP contribution in [0.1, 0.15) is 37.2 Å². The third-order valence-corrected chi connectivity index (χ3v) is 3.30. The summed E-state index contributed by atoms with van der Waals surface area (Å²) in [5.41, 5.74) is 1.14. The van der Waals surface area contributed by atoms with Gasteiger partial charge in [-0.25, -0.2) is 0 Å². The number of hydrogen-bond acceptors (Lipinski definition) is 2. The van der Waals surface area contributed by atoms with E-state index in [2.05, 4.69) is 0 Å². The van der Waals surface area contributed by atoms with Crippen LogP contribution >= 0.6 is 11.6 Å². The summed E-state index contributed by atoms with van der Waals surface area (Å²) < 4.78 is 0. The molecule has 3 nitrogen and oxygen atoms in total. The molecule has 0 aliphatic heterocycles. The van der Waals surface area contributed by atoms with E-state index in [1.165, 1.54) is 31.7 Å². The second-order valence-electron chi connectivity index (χ2n) is 3.95. The van der Waals surface area contributed by atoms with E-state index in [0.717, 1.165) is 5.56 Å². The number of halogens is 1. The summed E-state index contributed by atoms with van der Waals surface area (Å²) in [4.78, 5) is 10.1. The van der Waals surface area contributed by atoms with E-state index in [1.54, 1.807) is 6.07 Å². The Bertz CT molecular complexity index is 386. The molecule has 0 unspecified atom stereocenters. The van der Waals surface area contributed by atoms with E-state index in [1.807, 2.05) is 6.07 Å². The number of hydrogen-bond donors (Lipinski definition) is 0. The van der Waals surface area contributed by atoms with Crippen molar-refractivity contribution in [1.29, 1.82) is 0 Å². The van der Waals surface area contributed by atoms with Crippen molar-refractivity contribution in [2.24, 2.45) is 0 Å². The highest BCUT2D eigenvalue weighted by Crippen LogP contribution is 2.36. The van der Waals surface area contributed by atoms with Crippen molar-refractivity contribution in [2.75, 3.05) is 0 Å². The van der Waals surface area contributed by atoms with Gasteiger partial charge in [-0.05, 0) is 30.4 Å². The average Bonchev–Trinajstić information content (AvgIpc) is 2.69. The van der Waals surface area contributed by atoms with Gasteiger partial charge in [0.15, 0.2) is 0 Å². The second kappa shape index (κ2) is 4.19. The van der Waals surface area contributed by atoms with E-state index < -0.39 is 4.92 Å². The number of nitrogens with zero attached hydrogens (tertiary/aromatic N) is 1. The molecule has 0 aromatic heterocycles. The van der Waals surface area contributed by atoms with Gasteiger partial charge in [0, 0.05) is 6.07 Å². The maximum absolute atomic E-state index is 10.6. The molecule has 0 radical (unpaired) electrons. The van der Waals surface area contributed by atoms with Crippen LogP contribution in [0.4, 0.5) is 5.69 Å². The summed E-state index contributed by atoms with van der Waals surface area (Å²) in [6, 6.07) is 5.09. The molecule has 1 fully saturated rings. The highest BCUT2D eigenvalue weighted by Gasteiger charge is 2.20. The molecular weight excluding hydrogens is 214 g/mol. The van der Waals surface area contributed by atoms with Crippen molar-refractivity contribution < 1.29 is 4.92 Å². The first-order chi connectivity index (χ1) is 7.18. The number of benzene rings is 1. The lowest BCUT2D eigenvalue weighted by molar-refractivity contribution is -0.384. The molecule has 15 heavy (non-hydrogen) atoms. The second-order valence-corrected chi connectivity index (χ2v) is 4.36. The van der Waals surface area contributed by atoms with Crippen molar-refractivity contribution in [2.45, 2.75) is 31.6 Å². The molecule has 0 atom stereocenters. The Kier molecular flexibility index (Phi) is 2.91. The van der Waals surface area contributed by atoms with Gasteiger partial charge in [0.2, 0.25) is 0 Å². The van der Waals surface area contributed by atoms with Crippen molar-refractivity contribution >= 4 is 17.3 Å². The molecule has 1 aromatic rings. The molecule has 4 heteroatoms. The van der Waals surface area contributed by atoms with E-state index in [-0.39, 0.29) is 10.7 Å². The van der Waals surface area contributed by atoms with E-state index in [9.17, 15) is 10.1 Å². The van der Waals surface area contributed by atoms with Crippen LogP contribution in [0.5, 0.6) is 0 Å². The maximum atomic E-state index is 10.6. The van der Waals surface area contributed by atoms with Crippen LogP contribution in [0.3, 0.4) is 0 Å². The Hall–Kier alpha value is -1.09. The summed E-state index contributed by atoms with van der Waals surface area (Å²) in [6.45, 7) is 0. The molecule has 0 saturated heterocycles. The lowest BCUT2D eigenvalue weighted by Crippen LogP contribution is -1.94. The highest BCUT2D eigenvalue weighted by atomic mass is 35.5. The first-order valence-electron chi connectivity index (χ1n) is 5.12. The third-order valence-electron chi connectivity index (χ3n) is 3.00. The highest BCUT2D eigenvalue weighted by molar-refractivity contribution is 6.32. The Morgan fingerprint density at radius 3 is 2.53 bits per heavy atom. The number of rotatable bonds is 2. The fourth-order valence-electron chi connectivity index (χ4n) is 2.18. The quantitative estimate of drug-likeness (QED) is 0.566. The molecule has 1 saturated carbocycles. The minimum Gasteiger partial charge on any atom is -0.258 e. The molecule has 1 aliphatic rings.